The smallest absolute Gasteiger partial charge is 0.383 e. The van der Waals surface area contributed by atoms with Gasteiger partial charge in [0.25, 0.3) is 0 Å². The van der Waals surface area contributed by atoms with Gasteiger partial charge in [0.15, 0.2) is 0 Å². The van der Waals surface area contributed by atoms with Gasteiger partial charge in [-0.15, -0.1) is 0 Å². The Labute approximate surface area is 267 Å². The van der Waals surface area contributed by atoms with Crippen molar-refractivity contribution in [1.82, 2.24) is 0 Å². The van der Waals surface area contributed by atoms with Crippen LogP contribution in [-0.4, -0.2) is 25.6 Å². The van der Waals surface area contributed by atoms with Crippen LogP contribution in [0.3, 0.4) is 0 Å². The highest BCUT2D eigenvalue weighted by Gasteiger charge is 2.45. The maximum atomic E-state index is 7.51. The van der Waals surface area contributed by atoms with Crippen LogP contribution < -0.4 is 0 Å². The van der Waals surface area contributed by atoms with Crippen molar-refractivity contribution < 1.29 is 14.0 Å². The highest BCUT2D eigenvalue weighted by molar-refractivity contribution is 6.36. The Kier molecular flexibility index (Phi) is 13.6. The van der Waals surface area contributed by atoms with Crippen LogP contribution in [0.4, 0.5) is 0 Å². The molecule has 0 aromatic rings. The van der Waals surface area contributed by atoms with E-state index < -0.39 is 7.32 Å². The lowest BCUT2D eigenvalue weighted by molar-refractivity contribution is -0.0856. The summed E-state index contributed by atoms with van der Waals surface area (Å²) in [5.41, 5.74) is 0. The molecule has 3 nitrogen and oxygen atoms in total. The molecule has 6 fully saturated rings. The normalized spacial score (nSPS) is 27.4. The molecule has 0 bridgehead atoms. The summed E-state index contributed by atoms with van der Waals surface area (Å²) >= 11 is 0. The fourth-order valence-corrected chi connectivity index (χ4v) is 11.1. The SMILES string of the molecule is C1CCC(C(OB(OC(C2CCCCC2)C2CCCCC2)OC(C2CCCCC2)C2CCCCC2)C2CCCCC2)CC1. The molecule has 6 rings (SSSR count). The van der Waals surface area contributed by atoms with Gasteiger partial charge in [0.05, 0.1) is 18.3 Å². The molecule has 0 heterocycles. The van der Waals surface area contributed by atoms with Crippen molar-refractivity contribution in [2.45, 2.75) is 211 Å². The summed E-state index contributed by atoms with van der Waals surface area (Å²) in [7, 11) is -0.448. The zero-order valence-electron chi connectivity index (χ0n) is 28.2. The quantitative estimate of drug-likeness (QED) is 0.210. The van der Waals surface area contributed by atoms with Crippen LogP contribution in [-0.2, 0) is 14.0 Å². The molecule has 6 aliphatic rings. The van der Waals surface area contributed by atoms with Crippen molar-refractivity contribution in [3.05, 3.63) is 0 Å². The first kappa shape index (κ1) is 32.9. The monoisotopic (exact) mass is 597 g/mol. The van der Waals surface area contributed by atoms with Gasteiger partial charge in [0, 0.05) is 0 Å². The summed E-state index contributed by atoms with van der Waals surface area (Å²) in [6, 6.07) is 0. The summed E-state index contributed by atoms with van der Waals surface area (Å²) in [5, 5.41) is 0. The van der Waals surface area contributed by atoms with Crippen LogP contribution in [0, 0.1) is 35.5 Å². The van der Waals surface area contributed by atoms with E-state index in [0.717, 1.165) is 0 Å². The van der Waals surface area contributed by atoms with Crippen molar-refractivity contribution in [3.8, 4) is 0 Å². The summed E-state index contributed by atoms with van der Waals surface area (Å²) in [6.07, 6.45) is 42.5. The second-order valence-electron chi connectivity index (χ2n) is 16.5. The van der Waals surface area contributed by atoms with Gasteiger partial charge in [-0.2, -0.15) is 0 Å². The molecule has 0 aromatic carbocycles. The third kappa shape index (κ3) is 9.50. The van der Waals surface area contributed by atoms with Crippen molar-refractivity contribution >= 4 is 7.32 Å². The first-order chi connectivity index (χ1) is 21.3. The molecular weight excluding hydrogens is 527 g/mol. The number of rotatable bonds is 12. The zero-order chi connectivity index (χ0) is 29.1. The molecular formula is C39H69BO3. The highest BCUT2D eigenvalue weighted by Crippen LogP contribution is 2.43. The molecule has 0 saturated heterocycles. The first-order valence-electron chi connectivity index (χ1n) is 20.3. The molecule has 0 spiro atoms. The van der Waals surface area contributed by atoms with Crippen LogP contribution in [0.25, 0.3) is 0 Å². The number of hydrogen-bond donors (Lipinski definition) is 0. The minimum Gasteiger partial charge on any atom is -0.383 e. The molecule has 246 valence electrons. The number of hydrogen-bond acceptors (Lipinski definition) is 3. The predicted octanol–water partition coefficient (Wildman–Crippen LogP) is 11.6. The molecule has 0 radical (unpaired) electrons. The Hall–Kier alpha value is -0.0551. The molecule has 0 aromatic heterocycles. The zero-order valence-corrected chi connectivity index (χ0v) is 28.2. The van der Waals surface area contributed by atoms with Gasteiger partial charge in [-0.25, -0.2) is 0 Å². The van der Waals surface area contributed by atoms with Crippen LogP contribution >= 0.6 is 0 Å². The summed E-state index contributed by atoms with van der Waals surface area (Å²) < 4.78 is 22.5. The maximum Gasteiger partial charge on any atom is 0.640 e. The van der Waals surface area contributed by atoms with Gasteiger partial charge >= 0.3 is 7.32 Å². The van der Waals surface area contributed by atoms with E-state index in [-0.39, 0.29) is 0 Å². The average molecular weight is 597 g/mol. The van der Waals surface area contributed by atoms with Gasteiger partial charge in [0.2, 0.25) is 0 Å². The molecule has 0 aliphatic heterocycles. The lowest BCUT2D eigenvalue weighted by Gasteiger charge is -2.44. The molecule has 43 heavy (non-hydrogen) atoms. The summed E-state index contributed by atoms with van der Waals surface area (Å²) in [4.78, 5) is 0. The Morgan fingerprint density at radius 2 is 0.419 bits per heavy atom. The van der Waals surface area contributed by atoms with Crippen molar-refractivity contribution in [1.29, 1.82) is 0 Å². The first-order valence-corrected chi connectivity index (χ1v) is 20.3. The molecule has 4 heteroatoms. The second kappa shape index (κ2) is 17.7. The van der Waals surface area contributed by atoms with E-state index in [1.807, 2.05) is 0 Å². The Balaban J connectivity index is 1.27. The van der Waals surface area contributed by atoms with Gasteiger partial charge in [-0.1, -0.05) is 116 Å². The van der Waals surface area contributed by atoms with Crippen molar-refractivity contribution in [2.75, 3.05) is 0 Å². The molecule has 0 N–H and O–H groups in total. The molecule has 0 unspecified atom stereocenters. The van der Waals surface area contributed by atoms with E-state index in [4.69, 9.17) is 14.0 Å². The minimum atomic E-state index is -0.448. The molecule has 0 amide bonds. The van der Waals surface area contributed by atoms with E-state index in [1.165, 1.54) is 193 Å². The lowest BCUT2D eigenvalue weighted by atomic mass is 9.73. The third-order valence-electron chi connectivity index (χ3n) is 13.5. The van der Waals surface area contributed by atoms with Crippen LogP contribution in [0.1, 0.15) is 193 Å². The van der Waals surface area contributed by atoms with E-state index in [1.54, 1.807) is 0 Å². The summed E-state index contributed by atoms with van der Waals surface area (Å²) in [5.74, 6) is 4.23. The van der Waals surface area contributed by atoms with Gasteiger partial charge in [-0.3, -0.25) is 0 Å². The maximum absolute atomic E-state index is 7.51. The molecule has 6 aliphatic carbocycles. The van der Waals surface area contributed by atoms with E-state index in [2.05, 4.69) is 0 Å². The largest absolute Gasteiger partial charge is 0.640 e. The van der Waals surface area contributed by atoms with Gasteiger partial charge in [-0.05, 0) is 113 Å². The van der Waals surface area contributed by atoms with Gasteiger partial charge in [0.1, 0.15) is 0 Å². The standard InChI is InChI=1S/C39H69BO3/c1-7-19-31(20-8-1)37(32-21-9-2-10-22-32)41-40(42-38(33-23-11-3-12-24-33)34-25-13-4-14-26-34)43-39(35-27-15-5-16-28-35)36-29-17-6-18-30-36/h31-39H,1-30H2. The summed E-state index contributed by atoms with van der Waals surface area (Å²) in [6.45, 7) is 0. The predicted molar refractivity (Wildman–Crippen MR) is 180 cm³/mol. The third-order valence-corrected chi connectivity index (χ3v) is 13.5. The fraction of sp³-hybridized carbons (Fsp3) is 1.00. The fourth-order valence-electron chi connectivity index (χ4n) is 11.1. The van der Waals surface area contributed by atoms with Crippen molar-refractivity contribution in [2.24, 2.45) is 35.5 Å². The van der Waals surface area contributed by atoms with Crippen LogP contribution in [0.15, 0.2) is 0 Å². The Bertz CT molecular complexity index is 586. The van der Waals surface area contributed by atoms with E-state index in [9.17, 15) is 0 Å². The minimum absolute atomic E-state index is 0.335. The second-order valence-corrected chi connectivity index (χ2v) is 16.5. The average Bonchev–Trinajstić information content (AvgIpc) is 3.10. The lowest BCUT2D eigenvalue weighted by Crippen LogP contribution is -2.49. The van der Waals surface area contributed by atoms with Gasteiger partial charge < -0.3 is 14.0 Å². The van der Waals surface area contributed by atoms with E-state index >= 15 is 0 Å². The topological polar surface area (TPSA) is 27.7 Å². The Morgan fingerprint density at radius 3 is 0.581 bits per heavy atom. The van der Waals surface area contributed by atoms with E-state index in [0.29, 0.717) is 53.8 Å². The van der Waals surface area contributed by atoms with Crippen molar-refractivity contribution in [3.63, 3.8) is 0 Å². The highest BCUT2D eigenvalue weighted by atomic mass is 16.7. The molecule has 6 saturated carbocycles. The van der Waals surface area contributed by atoms with Crippen LogP contribution in [0.5, 0.6) is 0 Å². The Morgan fingerprint density at radius 1 is 0.256 bits per heavy atom. The molecule has 0 atom stereocenters. The van der Waals surface area contributed by atoms with Crippen LogP contribution in [0.2, 0.25) is 0 Å².